The fourth-order valence-corrected chi connectivity index (χ4v) is 4.13. The highest BCUT2D eigenvalue weighted by Gasteiger charge is 2.14. The lowest BCUT2D eigenvalue weighted by Gasteiger charge is -2.08. The van der Waals surface area contributed by atoms with Crippen LogP contribution in [0, 0.1) is 6.92 Å². The number of aryl methyl sites for hydroxylation is 2. The number of benzene rings is 1. The van der Waals surface area contributed by atoms with E-state index in [0.717, 1.165) is 22.3 Å². The summed E-state index contributed by atoms with van der Waals surface area (Å²) < 4.78 is 6.53. The predicted octanol–water partition coefficient (Wildman–Crippen LogP) is 3.54. The van der Waals surface area contributed by atoms with E-state index in [4.69, 9.17) is 4.74 Å². The van der Waals surface area contributed by atoms with Crippen molar-refractivity contribution in [3.8, 4) is 17.0 Å². The summed E-state index contributed by atoms with van der Waals surface area (Å²) in [6.45, 7) is 2.65. The van der Waals surface area contributed by atoms with E-state index < -0.39 is 0 Å². The minimum Gasteiger partial charge on any atom is -0.481 e. The molecular weight excluding hydrogens is 412 g/mol. The fourth-order valence-electron chi connectivity index (χ4n) is 3.22. The molecule has 4 aromatic rings. The highest BCUT2D eigenvalue weighted by Crippen LogP contribution is 2.30. The summed E-state index contributed by atoms with van der Waals surface area (Å²) in [5, 5.41) is 5.41. The van der Waals surface area contributed by atoms with Crippen LogP contribution in [-0.4, -0.2) is 27.6 Å². The Balaban J connectivity index is 1.45. The minimum atomic E-state index is -0.146. The second kappa shape index (κ2) is 9.09. The Morgan fingerprint density at radius 1 is 1.16 bits per heavy atom. The van der Waals surface area contributed by atoms with Crippen LogP contribution in [0.3, 0.4) is 0 Å². The number of hydrogen-bond donors (Lipinski definition) is 1. The van der Waals surface area contributed by atoms with Gasteiger partial charge < -0.3 is 10.1 Å². The van der Waals surface area contributed by atoms with Crippen LogP contribution in [0.4, 0.5) is 0 Å². The molecule has 0 aliphatic heterocycles. The van der Waals surface area contributed by atoms with Gasteiger partial charge in [0.25, 0.3) is 5.56 Å². The summed E-state index contributed by atoms with van der Waals surface area (Å²) >= 11 is 1.45. The number of nitrogens with one attached hydrogen (secondary N) is 1. The summed E-state index contributed by atoms with van der Waals surface area (Å²) in [6, 6.07) is 11.7. The van der Waals surface area contributed by atoms with Crippen LogP contribution in [0.1, 0.15) is 17.5 Å². The number of pyridine rings is 1. The van der Waals surface area contributed by atoms with Gasteiger partial charge >= 0.3 is 0 Å². The number of methoxy groups -OCH3 is 1. The number of rotatable bonds is 7. The van der Waals surface area contributed by atoms with Gasteiger partial charge in [-0.2, -0.15) is 0 Å². The average Bonchev–Trinajstić information content (AvgIpc) is 3.23. The second-order valence-corrected chi connectivity index (χ2v) is 8.03. The molecule has 4 rings (SSSR count). The highest BCUT2D eigenvalue weighted by atomic mass is 32.1. The van der Waals surface area contributed by atoms with Crippen LogP contribution in [0.2, 0.25) is 0 Å². The summed E-state index contributed by atoms with van der Waals surface area (Å²) in [5.74, 6) is 0.377. The van der Waals surface area contributed by atoms with Crippen LogP contribution in [-0.2, 0) is 17.9 Å². The Morgan fingerprint density at radius 2 is 1.97 bits per heavy atom. The summed E-state index contributed by atoms with van der Waals surface area (Å²) in [5.41, 5.74) is 3.77. The lowest BCUT2D eigenvalue weighted by molar-refractivity contribution is -0.121. The first-order chi connectivity index (χ1) is 15.0. The molecule has 0 atom stereocenters. The first-order valence-corrected chi connectivity index (χ1v) is 10.7. The molecule has 0 saturated carbocycles. The van der Waals surface area contributed by atoms with Crippen LogP contribution in [0.15, 0.2) is 59.1 Å². The topological polar surface area (TPSA) is 86.1 Å². The second-order valence-electron chi connectivity index (χ2n) is 7.17. The van der Waals surface area contributed by atoms with E-state index in [2.05, 4.69) is 15.3 Å². The summed E-state index contributed by atoms with van der Waals surface area (Å²) in [7, 11) is 1.55. The molecule has 0 spiro atoms. The van der Waals surface area contributed by atoms with Crippen molar-refractivity contribution in [3.05, 3.63) is 75.8 Å². The number of carbonyl (C=O) groups excluding carboxylic acids is 1. The van der Waals surface area contributed by atoms with Gasteiger partial charge in [-0.3, -0.25) is 14.2 Å². The van der Waals surface area contributed by atoms with Crippen LogP contribution >= 0.6 is 11.3 Å². The molecule has 0 aliphatic carbocycles. The number of hydrogen-bond acceptors (Lipinski definition) is 6. The van der Waals surface area contributed by atoms with Gasteiger partial charge in [-0.15, -0.1) is 11.3 Å². The average molecular weight is 435 g/mol. The number of ether oxygens (including phenoxy) is 1. The third kappa shape index (κ3) is 4.64. The first kappa shape index (κ1) is 20.7. The Labute approximate surface area is 183 Å². The third-order valence-electron chi connectivity index (χ3n) is 5.00. The molecule has 3 aromatic heterocycles. The fraction of sp³-hybridized carbons (Fsp3) is 0.217. The zero-order chi connectivity index (χ0) is 21.8. The summed E-state index contributed by atoms with van der Waals surface area (Å²) in [4.78, 5) is 34.6. The maximum absolute atomic E-state index is 13.1. The number of fused-ring (bicyclic) bond motifs is 1. The van der Waals surface area contributed by atoms with Gasteiger partial charge in [0.05, 0.1) is 18.8 Å². The van der Waals surface area contributed by atoms with Crippen molar-refractivity contribution in [2.45, 2.75) is 26.4 Å². The Kier molecular flexibility index (Phi) is 6.08. The van der Waals surface area contributed by atoms with Gasteiger partial charge in [0, 0.05) is 42.7 Å². The molecule has 1 aromatic carbocycles. The highest BCUT2D eigenvalue weighted by molar-refractivity contribution is 7.17. The van der Waals surface area contributed by atoms with Gasteiger partial charge in [0.1, 0.15) is 4.83 Å². The van der Waals surface area contributed by atoms with Gasteiger partial charge in [0.15, 0.2) is 0 Å². The largest absolute Gasteiger partial charge is 0.481 e. The molecule has 158 valence electrons. The normalized spacial score (nSPS) is 10.9. The molecule has 0 radical (unpaired) electrons. The Bertz CT molecular complexity index is 1260. The molecule has 8 heteroatoms. The van der Waals surface area contributed by atoms with Crippen molar-refractivity contribution < 1.29 is 9.53 Å². The number of nitrogens with zero attached hydrogens (tertiary/aromatic N) is 3. The molecule has 1 amide bonds. The van der Waals surface area contributed by atoms with E-state index >= 15 is 0 Å². The number of thiophene rings is 1. The van der Waals surface area contributed by atoms with Crippen LogP contribution < -0.4 is 15.6 Å². The van der Waals surface area contributed by atoms with E-state index in [9.17, 15) is 9.59 Å². The van der Waals surface area contributed by atoms with Crippen molar-refractivity contribution in [2.24, 2.45) is 0 Å². The lowest BCUT2D eigenvalue weighted by atomic mass is 10.1. The monoisotopic (exact) mass is 434 g/mol. The lowest BCUT2D eigenvalue weighted by Crippen LogP contribution is -2.27. The van der Waals surface area contributed by atoms with E-state index in [1.165, 1.54) is 22.2 Å². The van der Waals surface area contributed by atoms with Crippen molar-refractivity contribution in [1.29, 1.82) is 0 Å². The van der Waals surface area contributed by atoms with E-state index in [-0.39, 0.29) is 24.4 Å². The minimum absolute atomic E-state index is 0.131. The van der Waals surface area contributed by atoms with Crippen molar-refractivity contribution in [1.82, 2.24) is 19.9 Å². The number of carbonyl (C=O) groups is 1. The van der Waals surface area contributed by atoms with Crippen molar-refractivity contribution in [2.75, 3.05) is 7.11 Å². The molecule has 31 heavy (non-hydrogen) atoms. The van der Waals surface area contributed by atoms with Gasteiger partial charge in [-0.1, -0.05) is 35.9 Å². The quantitative estimate of drug-likeness (QED) is 0.481. The van der Waals surface area contributed by atoms with E-state index in [1.807, 2.05) is 42.6 Å². The smallest absolute Gasteiger partial charge is 0.262 e. The van der Waals surface area contributed by atoms with Gasteiger partial charge in [-0.05, 0) is 18.1 Å². The summed E-state index contributed by atoms with van der Waals surface area (Å²) in [6.07, 6.45) is 3.35. The molecule has 0 aliphatic rings. The number of aromatic nitrogens is 3. The van der Waals surface area contributed by atoms with Crippen LogP contribution in [0.25, 0.3) is 21.3 Å². The predicted molar refractivity (Wildman–Crippen MR) is 121 cm³/mol. The zero-order valence-electron chi connectivity index (χ0n) is 17.3. The maximum Gasteiger partial charge on any atom is 0.262 e. The molecule has 3 heterocycles. The molecule has 0 bridgehead atoms. The SMILES string of the molecule is COc1ccc(CNC(=O)CCn2cnc3scc(-c4ccc(C)cc4)c3c2=O)cn1. The zero-order valence-corrected chi connectivity index (χ0v) is 18.1. The molecule has 7 nitrogen and oxygen atoms in total. The van der Waals surface area contributed by atoms with Crippen molar-refractivity contribution >= 4 is 27.5 Å². The molecule has 1 N–H and O–H groups in total. The molecule has 0 unspecified atom stereocenters. The standard InChI is InChI=1S/C23H22N4O3S/c1-15-3-6-17(7-4-15)18-13-31-22-21(18)23(29)27(14-26-22)10-9-19(28)24-11-16-5-8-20(30-2)25-12-16/h3-8,12-14H,9-11H2,1-2H3,(H,24,28). The van der Waals surface area contributed by atoms with Crippen LogP contribution in [0.5, 0.6) is 5.88 Å². The Morgan fingerprint density at radius 3 is 2.68 bits per heavy atom. The van der Waals surface area contributed by atoms with Gasteiger partial charge in [0.2, 0.25) is 11.8 Å². The van der Waals surface area contributed by atoms with Gasteiger partial charge in [-0.25, -0.2) is 9.97 Å². The van der Waals surface area contributed by atoms with Crippen molar-refractivity contribution in [3.63, 3.8) is 0 Å². The van der Waals surface area contributed by atoms with E-state index in [0.29, 0.717) is 22.6 Å². The van der Waals surface area contributed by atoms with E-state index in [1.54, 1.807) is 19.4 Å². The Hall–Kier alpha value is -3.52. The molecule has 0 fully saturated rings. The molecule has 0 saturated heterocycles. The first-order valence-electron chi connectivity index (χ1n) is 9.84. The number of amides is 1. The third-order valence-corrected chi connectivity index (χ3v) is 5.89. The molecular formula is C23H22N4O3S. The maximum atomic E-state index is 13.1.